The molecule has 0 rings (SSSR count). The van der Waals surface area contributed by atoms with Crippen LogP contribution in [0.25, 0.3) is 0 Å². The van der Waals surface area contributed by atoms with Crippen molar-refractivity contribution in [2.45, 2.75) is 44.8 Å². The summed E-state index contributed by atoms with van der Waals surface area (Å²) in [4.78, 5) is 45.5. The number of carboxylic acid groups (broad SMARTS) is 2. The molecular formula is C15H31N5O6. The molecule has 11 heteroatoms. The molecule has 8 N–H and O–H groups in total. The zero-order valence-electron chi connectivity index (χ0n) is 15.7. The van der Waals surface area contributed by atoms with Gasteiger partial charge in [-0.05, 0) is 20.5 Å². The fourth-order valence-electron chi connectivity index (χ4n) is 1.83. The van der Waals surface area contributed by atoms with Gasteiger partial charge in [0, 0.05) is 19.5 Å². The fourth-order valence-corrected chi connectivity index (χ4v) is 1.83. The number of hydrogen-bond acceptors (Lipinski definition) is 7. The zero-order valence-corrected chi connectivity index (χ0v) is 15.7. The molecule has 0 spiro atoms. The van der Waals surface area contributed by atoms with Crippen molar-refractivity contribution in [1.29, 1.82) is 0 Å². The molecule has 11 nitrogen and oxygen atoms in total. The molecule has 1 unspecified atom stereocenters. The van der Waals surface area contributed by atoms with E-state index in [1.165, 1.54) is 14.1 Å². The Bertz CT molecular complexity index is 456. The van der Waals surface area contributed by atoms with E-state index in [1.54, 1.807) is 0 Å². The summed E-state index contributed by atoms with van der Waals surface area (Å²) < 4.78 is 0. The molecule has 0 saturated heterocycles. The highest BCUT2D eigenvalue weighted by molar-refractivity contribution is 5.88. The first-order valence-electron chi connectivity index (χ1n) is 8.34. The van der Waals surface area contributed by atoms with E-state index in [4.69, 9.17) is 15.9 Å². The highest BCUT2D eigenvalue weighted by Crippen LogP contribution is 1.98. The first-order valence-corrected chi connectivity index (χ1v) is 8.34. The van der Waals surface area contributed by atoms with Crippen LogP contribution < -0.4 is 27.0 Å². The third-order valence-electron chi connectivity index (χ3n) is 3.31. The minimum absolute atomic E-state index is 0.00532. The van der Waals surface area contributed by atoms with Crippen molar-refractivity contribution in [2.75, 3.05) is 27.2 Å². The normalized spacial score (nSPS) is 13.4. The highest BCUT2D eigenvalue weighted by atomic mass is 16.4. The van der Waals surface area contributed by atoms with Gasteiger partial charge in [-0.3, -0.25) is 14.4 Å². The second-order valence-electron chi connectivity index (χ2n) is 5.00. The van der Waals surface area contributed by atoms with Gasteiger partial charge in [0.05, 0.1) is 12.1 Å². The van der Waals surface area contributed by atoms with E-state index >= 15 is 0 Å². The van der Waals surface area contributed by atoms with E-state index in [-0.39, 0.29) is 25.9 Å². The minimum Gasteiger partial charge on any atom is -0.481 e. The molecule has 0 aliphatic rings. The van der Waals surface area contributed by atoms with E-state index in [9.17, 15) is 19.2 Å². The molecule has 0 aromatic carbocycles. The van der Waals surface area contributed by atoms with Crippen LogP contribution in [0.3, 0.4) is 0 Å². The van der Waals surface area contributed by atoms with Gasteiger partial charge in [-0.15, -0.1) is 0 Å². The number of hydrogen-bond donors (Lipinski definition) is 7. The predicted octanol–water partition coefficient (Wildman–Crippen LogP) is -2.30. The third kappa shape index (κ3) is 10.6. The first kappa shape index (κ1) is 26.0. The number of rotatable bonds is 12. The van der Waals surface area contributed by atoms with Crippen LogP contribution in [0.5, 0.6) is 0 Å². The van der Waals surface area contributed by atoms with Gasteiger partial charge < -0.3 is 37.2 Å². The van der Waals surface area contributed by atoms with Crippen molar-refractivity contribution in [3.8, 4) is 0 Å². The SMILES string of the molecule is CC.CN[C@@H](CN)C(=O)NCC(NC(=O)[C@H](CCC(=O)O)NC)C(=O)O. The maximum Gasteiger partial charge on any atom is 0.328 e. The predicted molar refractivity (Wildman–Crippen MR) is 95.5 cm³/mol. The minimum atomic E-state index is -1.35. The number of amides is 2. The summed E-state index contributed by atoms with van der Waals surface area (Å²) in [6, 6.07) is -2.87. The topological polar surface area (TPSA) is 183 Å². The summed E-state index contributed by atoms with van der Waals surface area (Å²) in [5.41, 5.74) is 5.38. The maximum absolute atomic E-state index is 12.0. The Morgan fingerprint density at radius 1 is 0.923 bits per heavy atom. The van der Waals surface area contributed by atoms with Crippen molar-refractivity contribution in [2.24, 2.45) is 5.73 Å². The summed E-state index contributed by atoms with van der Waals surface area (Å²) in [5, 5.41) is 27.7. The average molecular weight is 377 g/mol. The van der Waals surface area contributed by atoms with Crippen LogP contribution in [-0.2, 0) is 19.2 Å². The summed E-state index contributed by atoms with van der Waals surface area (Å²) in [6.07, 6.45) is -0.237. The summed E-state index contributed by atoms with van der Waals surface area (Å²) >= 11 is 0. The Morgan fingerprint density at radius 3 is 1.85 bits per heavy atom. The van der Waals surface area contributed by atoms with Crippen LogP contribution in [0.4, 0.5) is 0 Å². The van der Waals surface area contributed by atoms with Gasteiger partial charge in [0.2, 0.25) is 11.8 Å². The highest BCUT2D eigenvalue weighted by Gasteiger charge is 2.26. The summed E-state index contributed by atoms with van der Waals surface area (Å²) in [5.74, 6) is -3.54. The van der Waals surface area contributed by atoms with Crippen molar-refractivity contribution < 1.29 is 29.4 Å². The molecule has 2 amide bonds. The molecule has 0 aliphatic heterocycles. The Hall–Kier alpha value is -2.24. The Kier molecular flexibility index (Phi) is 15.0. The van der Waals surface area contributed by atoms with Crippen molar-refractivity contribution >= 4 is 23.8 Å². The molecule has 0 aromatic rings. The lowest BCUT2D eigenvalue weighted by molar-refractivity contribution is -0.142. The summed E-state index contributed by atoms with van der Waals surface area (Å²) in [6.45, 7) is 3.71. The van der Waals surface area contributed by atoms with Crippen LogP contribution in [0, 0.1) is 0 Å². The van der Waals surface area contributed by atoms with E-state index in [0.717, 1.165) is 0 Å². The fraction of sp³-hybridized carbons (Fsp3) is 0.733. The van der Waals surface area contributed by atoms with E-state index in [2.05, 4.69) is 21.3 Å². The lowest BCUT2D eigenvalue weighted by Gasteiger charge is -2.21. The number of carbonyl (C=O) groups is 4. The lowest BCUT2D eigenvalue weighted by atomic mass is 10.1. The molecule has 0 saturated carbocycles. The van der Waals surface area contributed by atoms with Gasteiger partial charge >= 0.3 is 11.9 Å². The van der Waals surface area contributed by atoms with Crippen molar-refractivity contribution in [3.63, 3.8) is 0 Å². The Labute approximate surface area is 153 Å². The Balaban J connectivity index is 0. The van der Waals surface area contributed by atoms with Crippen LogP contribution in [0.2, 0.25) is 0 Å². The summed E-state index contributed by atoms with van der Waals surface area (Å²) in [7, 11) is 3.00. The van der Waals surface area contributed by atoms with Crippen LogP contribution >= 0.6 is 0 Å². The van der Waals surface area contributed by atoms with Crippen molar-refractivity contribution in [3.05, 3.63) is 0 Å². The number of carbonyl (C=O) groups excluding carboxylic acids is 2. The van der Waals surface area contributed by atoms with Crippen LogP contribution in [0.15, 0.2) is 0 Å². The first-order chi connectivity index (χ1) is 12.3. The lowest BCUT2D eigenvalue weighted by Crippen LogP contribution is -2.55. The van der Waals surface area contributed by atoms with Gasteiger partial charge in [-0.1, -0.05) is 13.8 Å². The largest absolute Gasteiger partial charge is 0.481 e. The molecular weight excluding hydrogens is 346 g/mol. The third-order valence-corrected chi connectivity index (χ3v) is 3.31. The number of carboxylic acids is 2. The molecule has 152 valence electrons. The molecule has 0 aliphatic carbocycles. The average Bonchev–Trinajstić information content (AvgIpc) is 2.61. The molecule has 3 atom stereocenters. The van der Waals surface area contributed by atoms with Crippen LogP contribution in [-0.4, -0.2) is 79.3 Å². The molecule has 0 aromatic heterocycles. The van der Waals surface area contributed by atoms with Gasteiger partial charge in [-0.2, -0.15) is 0 Å². The smallest absolute Gasteiger partial charge is 0.328 e. The van der Waals surface area contributed by atoms with E-state index in [0.29, 0.717) is 0 Å². The number of likely N-dealkylation sites (N-methyl/N-ethyl adjacent to an activating group) is 2. The number of aliphatic carboxylic acids is 2. The second-order valence-corrected chi connectivity index (χ2v) is 5.00. The number of nitrogens with two attached hydrogens (primary N) is 1. The zero-order chi connectivity index (χ0) is 20.7. The molecule has 0 bridgehead atoms. The van der Waals surface area contributed by atoms with E-state index in [1.807, 2.05) is 13.8 Å². The van der Waals surface area contributed by atoms with Gasteiger partial charge in [-0.25, -0.2) is 4.79 Å². The number of nitrogens with one attached hydrogen (secondary N) is 4. The standard InChI is InChI=1S/C13H25N5O6.C2H6/c1-15-7(3-4-10(19)20)12(22)18-9(13(23)24)6-17-11(21)8(5-14)16-2;1-2/h7-9,15-16H,3-6,14H2,1-2H3,(H,17,21)(H,18,22)(H,19,20)(H,23,24);1-2H3/t7-,8-,9?;/m0./s1. The Morgan fingerprint density at radius 2 is 1.46 bits per heavy atom. The van der Waals surface area contributed by atoms with E-state index < -0.39 is 41.9 Å². The van der Waals surface area contributed by atoms with Crippen LogP contribution in [0.1, 0.15) is 26.7 Å². The van der Waals surface area contributed by atoms with Gasteiger partial charge in [0.25, 0.3) is 0 Å². The molecule has 26 heavy (non-hydrogen) atoms. The second kappa shape index (κ2) is 15.0. The maximum atomic E-state index is 12.0. The molecule has 0 radical (unpaired) electrons. The monoisotopic (exact) mass is 377 g/mol. The quantitative estimate of drug-likeness (QED) is 0.196. The molecule has 0 fully saturated rings. The molecule has 0 heterocycles. The van der Waals surface area contributed by atoms with Gasteiger partial charge in [0.1, 0.15) is 6.04 Å². The van der Waals surface area contributed by atoms with Gasteiger partial charge in [0.15, 0.2) is 0 Å². The van der Waals surface area contributed by atoms with Crippen molar-refractivity contribution in [1.82, 2.24) is 21.3 Å².